The Balaban J connectivity index is 2.09. The zero-order valence-corrected chi connectivity index (χ0v) is 11.1. The van der Waals surface area contributed by atoms with E-state index in [1.54, 1.807) is 11.8 Å². The van der Waals surface area contributed by atoms with Crippen molar-refractivity contribution in [2.75, 3.05) is 6.54 Å². The molecule has 2 atom stereocenters. The van der Waals surface area contributed by atoms with Gasteiger partial charge in [-0.05, 0) is 19.4 Å². The fourth-order valence-corrected chi connectivity index (χ4v) is 2.38. The molecule has 5 heteroatoms. The van der Waals surface area contributed by atoms with Crippen LogP contribution in [0.1, 0.15) is 30.5 Å². The monoisotopic (exact) mass is 262 g/mol. The molecule has 0 aliphatic carbocycles. The van der Waals surface area contributed by atoms with Crippen LogP contribution >= 0.6 is 0 Å². The molecular formula is C14H18N2O3. The number of aliphatic carboxylic acids is 1. The lowest BCUT2D eigenvalue weighted by atomic mass is 10.0. The third kappa shape index (κ3) is 3.05. The Morgan fingerprint density at radius 3 is 2.95 bits per heavy atom. The summed E-state index contributed by atoms with van der Waals surface area (Å²) in [6, 6.07) is 7.42. The summed E-state index contributed by atoms with van der Waals surface area (Å²) >= 11 is 0. The van der Waals surface area contributed by atoms with Crippen LogP contribution in [-0.4, -0.2) is 34.6 Å². The normalized spacial score (nSPS) is 20.2. The number of hydrogen-bond donors (Lipinski definition) is 2. The Bertz CT molecular complexity index is 501. The number of amides is 2. The van der Waals surface area contributed by atoms with Crippen LogP contribution in [0.15, 0.2) is 24.3 Å². The zero-order chi connectivity index (χ0) is 14.0. The minimum Gasteiger partial charge on any atom is -0.481 e. The predicted molar refractivity (Wildman–Crippen MR) is 70.9 cm³/mol. The van der Waals surface area contributed by atoms with E-state index in [1.807, 2.05) is 31.2 Å². The molecule has 5 nitrogen and oxygen atoms in total. The van der Waals surface area contributed by atoms with E-state index in [2.05, 4.69) is 5.32 Å². The van der Waals surface area contributed by atoms with Crippen LogP contribution in [0.4, 0.5) is 4.79 Å². The SMILES string of the molecule is Cc1cccc(C2CN(C(C)CC(=O)O)C(=O)N2)c1. The van der Waals surface area contributed by atoms with Crippen molar-refractivity contribution >= 4 is 12.0 Å². The summed E-state index contributed by atoms with van der Waals surface area (Å²) in [6.07, 6.45) is -0.0338. The van der Waals surface area contributed by atoms with Crippen molar-refractivity contribution in [3.63, 3.8) is 0 Å². The largest absolute Gasteiger partial charge is 0.481 e. The summed E-state index contributed by atoms with van der Waals surface area (Å²) in [4.78, 5) is 24.2. The lowest BCUT2D eigenvalue weighted by Gasteiger charge is -2.21. The second-order valence-electron chi connectivity index (χ2n) is 5.02. The van der Waals surface area contributed by atoms with Gasteiger partial charge in [0.25, 0.3) is 0 Å². The van der Waals surface area contributed by atoms with Crippen LogP contribution in [0.5, 0.6) is 0 Å². The maximum atomic E-state index is 11.9. The molecule has 0 spiro atoms. The van der Waals surface area contributed by atoms with Gasteiger partial charge in [0.1, 0.15) is 0 Å². The summed E-state index contributed by atoms with van der Waals surface area (Å²) in [7, 11) is 0. The quantitative estimate of drug-likeness (QED) is 0.871. The van der Waals surface area contributed by atoms with E-state index in [0.29, 0.717) is 6.54 Å². The number of carboxylic acids is 1. The topological polar surface area (TPSA) is 69.6 Å². The number of aryl methyl sites for hydroxylation is 1. The van der Waals surface area contributed by atoms with Crippen molar-refractivity contribution in [2.45, 2.75) is 32.4 Å². The Hall–Kier alpha value is -2.04. The molecule has 1 aliphatic rings. The molecule has 0 bridgehead atoms. The van der Waals surface area contributed by atoms with Gasteiger partial charge in [-0.25, -0.2) is 4.79 Å². The maximum absolute atomic E-state index is 11.9. The Kier molecular flexibility index (Phi) is 3.74. The average Bonchev–Trinajstić information content (AvgIpc) is 2.70. The second kappa shape index (κ2) is 5.30. The van der Waals surface area contributed by atoms with E-state index in [1.165, 1.54) is 0 Å². The van der Waals surface area contributed by atoms with E-state index in [-0.39, 0.29) is 24.5 Å². The smallest absolute Gasteiger partial charge is 0.318 e. The number of carbonyl (C=O) groups excluding carboxylic acids is 1. The zero-order valence-electron chi connectivity index (χ0n) is 11.1. The molecule has 0 saturated carbocycles. The average molecular weight is 262 g/mol. The highest BCUT2D eigenvalue weighted by atomic mass is 16.4. The summed E-state index contributed by atoms with van der Waals surface area (Å²) in [5.41, 5.74) is 2.20. The number of benzene rings is 1. The first kappa shape index (κ1) is 13.4. The highest BCUT2D eigenvalue weighted by Gasteiger charge is 2.33. The molecule has 2 unspecified atom stereocenters. The minimum atomic E-state index is -0.890. The lowest BCUT2D eigenvalue weighted by Crippen LogP contribution is -2.37. The van der Waals surface area contributed by atoms with E-state index in [9.17, 15) is 9.59 Å². The number of hydrogen-bond acceptors (Lipinski definition) is 2. The highest BCUT2D eigenvalue weighted by molar-refractivity contribution is 5.78. The fourth-order valence-electron chi connectivity index (χ4n) is 2.38. The first-order valence-electron chi connectivity index (χ1n) is 6.33. The molecule has 0 aromatic heterocycles. The molecule has 1 aromatic carbocycles. The van der Waals surface area contributed by atoms with Crippen molar-refractivity contribution in [2.24, 2.45) is 0 Å². The molecule has 102 valence electrons. The van der Waals surface area contributed by atoms with Gasteiger partial charge in [-0.2, -0.15) is 0 Å². The van der Waals surface area contributed by atoms with Gasteiger partial charge in [0.05, 0.1) is 12.5 Å². The van der Waals surface area contributed by atoms with Gasteiger partial charge >= 0.3 is 12.0 Å². The van der Waals surface area contributed by atoms with Gasteiger partial charge in [0.15, 0.2) is 0 Å². The molecule has 1 saturated heterocycles. The van der Waals surface area contributed by atoms with E-state index >= 15 is 0 Å². The van der Waals surface area contributed by atoms with Crippen molar-refractivity contribution in [1.29, 1.82) is 0 Å². The van der Waals surface area contributed by atoms with Crippen LogP contribution in [0.2, 0.25) is 0 Å². The number of rotatable bonds is 4. The Labute approximate surface area is 112 Å². The van der Waals surface area contributed by atoms with Crippen LogP contribution < -0.4 is 5.32 Å². The van der Waals surface area contributed by atoms with Crippen molar-refractivity contribution in [1.82, 2.24) is 10.2 Å². The molecular weight excluding hydrogens is 244 g/mol. The van der Waals surface area contributed by atoms with Crippen molar-refractivity contribution in [3.05, 3.63) is 35.4 Å². The van der Waals surface area contributed by atoms with Crippen LogP contribution in [0.25, 0.3) is 0 Å². The van der Waals surface area contributed by atoms with E-state index in [0.717, 1.165) is 11.1 Å². The highest BCUT2D eigenvalue weighted by Crippen LogP contribution is 2.23. The lowest BCUT2D eigenvalue weighted by molar-refractivity contribution is -0.137. The number of carboxylic acid groups (broad SMARTS) is 1. The van der Waals surface area contributed by atoms with Gasteiger partial charge in [-0.1, -0.05) is 29.8 Å². The molecule has 1 heterocycles. The van der Waals surface area contributed by atoms with Crippen LogP contribution in [0.3, 0.4) is 0 Å². The standard InChI is InChI=1S/C14H18N2O3/c1-9-4-3-5-11(6-9)12-8-16(14(19)15-12)10(2)7-13(17)18/h3-6,10,12H,7-8H2,1-2H3,(H,15,19)(H,17,18). The molecule has 1 aromatic rings. The summed E-state index contributed by atoms with van der Waals surface area (Å²) < 4.78 is 0. The van der Waals surface area contributed by atoms with Gasteiger partial charge in [-0.3, -0.25) is 4.79 Å². The molecule has 1 aliphatic heterocycles. The van der Waals surface area contributed by atoms with Crippen LogP contribution in [0, 0.1) is 6.92 Å². The molecule has 2 rings (SSSR count). The van der Waals surface area contributed by atoms with Gasteiger partial charge < -0.3 is 15.3 Å². The number of nitrogens with one attached hydrogen (secondary N) is 1. The summed E-state index contributed by atoms with van der Waals surface area (Å²) in [5, 5.41) is 11.7. The fraction of sp³-hybridized carbons (Fsp3) is 0.429. The summed E-state index contributed by atoms with van der Waals surface area (Å²) in [5.74, 6) is -0.890. The minimum absolute atomic E-state index is 0.0338. The number of carbonyl (C=O) groups is 2. The third-order valence-corrected chi connectivity index (χ3v) is 3.38. The molecule has 1 fully saturated rings. The molecule has 0 radical (unpaired) electrons. The van der Waals surface area contributed by atoms with E-state index in [4.69, 9.17) is 5.11 Å². The number of urea groups is 1. The molecule has 2 N–H and O–H groups in total. The van der Waals surface area contributed by atoms with Crippen molar-refractivity contribution < 1.29 is 14.7 Å². The summed E-state index contributed by atoms with van der Waals surface area (Å²) in [6.45, 7) is 4.27. The predicted octanol–water partition coefficient (Wildman–Crippen LogP) is 1.92. The van der Waals surface area contributed by atoms with Gasteiger partial charge in [0.2, 0.25) is 0 Å². The second-order valence-corrected chi connectivity index (χ2v) is 5.02. The Morgan fingerprint density at radius 2 is 2.32 bits per heavy atom. The first-order valence-corrected chi connectivity index (χ1v) is 6.33. The third-order valence-electron chi connectivity index (χ3n) is 3.38. The Morgan fingerprint density at radius 1 is 1.58 bits per heavy atom. The van der Waals surface area contributed by atoms with Crippen LogP contribution in [-0.2, 0) is 4.79 Å². The molecule has 19 heavy (non-hydrogen) atoms. The number of nitrogens with zero attached hydrogens (tertiary/aromatic N) is 1. The van der Waals surface area contributed by atoms with Gasteiger partial charge in [0, 0.05) is 12.6 Å². The maximum Gasteiger partial charge on any atom is 0.318 e. The molecule has 2 amide bonds. The van der Waals surface area contributed by atoms with Gasteiger partial charge in [-0.15, -0.1) is 0 Å². The first-order chi connectivity index (χ1) is 8.97. The van der Waals surface area contributed by atoms with E-state index < -0.39 is 5.97 Å². The van der Waals surface area contributed by atoms with Crippen molar-refractivity contribution in [3.8, 4) is 0 Å².